The van der Waals surface area contributed by atoms with E-state index in [1.807, 2.05) is 0 Å². The molecule has 1 aliphatic heterocycles. The molecule has 7 heteroatoms. The zero-order chi connectivity index (χ0) is 10.2. The lowest BCUT2D eigenvalue weighted by atomic mass is 10.1. The molecule has 0 aromatic rings. The van der Waals surface area contributed by atoms with Crippen molar-refractivity contribution in [2.75, 3.05) is 6.61 Å². The molecule has 1 heterocycles. The lowest BCUT2D eigenvalue weighted by Gasteiger charge is -2.26. The summed E-state index contributed by atoms with van der Waals surface area (Å²) in [5.41, 5.74) is 0. The molecule has 0 unspecified atom stereocenters. The fourth-order valence-electron chi connectivity index (χ4n) is 0.870. The number of carbonyl (C=O) groups excluding carboxylic acids is 1. The molecule has 3 radical (unpaired) electrons. The van der Waals surface area contributed by atoms with Gasteiger partial charge in [0.25, 0.3) is 0 Å². The van der Waals surface area contributed by atoms with Gasteiger partial charge in [-0.3, -0.25) is 0 Å². The molecule has 6 nitrogen and oxygen atoms in total. The summed E-state index contributed by atoms with van der Waals surface area (Å²) >= 11 is 0. The van der Waals surface area contributed by atoms with Gasteiger partial charge < -0.3 is 25.2 Å². The van der Waals surface area contributed by atoms with Crippen LogP contribution in [0.25, 0.3) is 0 Å². The topological polar surface area (TPSA) is 107 Å². The minimum absolute atomic E-state index is 0.742. The van der Waals surface area contributed by atoms with Crippen LogP contribution in [0.1, 0.15) is 0 Å². The molecule has 0 saturated heterocycles. The predicted octanol–water partition coefficient (Wildman–Crippen LogP) is -1.91. The maximum atomic E-state index is 10.7. The summed E-state index contributed by atoms with van der Waals surface area (Å²) in [6.07, 6.45) is -1.56. The van der Waals surface area contributed by atoms with E-state index in [1.54, 1.807) is 0 Å². The second-order valence-corrected chi connectivity index (χ2v) is 3.26. The highest BCUT2D eigenvalue weighted by Gasteiger charge is 2.50. The van der Waals surface area contributed by atoms with E-state index in [0.717, 1.165) is 0 Å². The molecule has 4 N–H and O–H groups in total. The number of carbonyl (C=O) groups is 1. The van der Waals surface area contributed by atoms with Crippen molar-refractivity contribution in [1.29, 1.82) is 0 Å². The number of cyclic esters (lactones) is 1. The van der Waals surface area contributed by atoms with Gasteiger partial charge in [0.15, 0.2) is 11.0 Å². The zero-order valence-corrected chi connectivity index (χ0v) is 7.39. The van der Waals surface area contributed by atoms with Crippen LogP contribution in [0, 0.1) is 0 Å². The first-order valence-corrected chi connectivity index (χ1v) is 3.83. The molecule has 0 amide bonds. The number of aliphatic hydroxyl groups excluding tert-OH is 4. The van der Waals surface area contributed by atoms with Crippen molar-refractivity contribution in [3.8, 4) is 0 Å². The molecule has 0 aromatic carbocycles. The minimum Gasteiger partial charge on any atom is -0.505 e. The van der Waals surface area contributed by atoms with Gasteiger partial charge in [0, 0.05) is 0 Å². The average molecular weight is 203 g/mol. The Kier molecular flexibility index (Phi) is 2.33. The first kappa shape index (κ1) is 10.0. The fraction of sp³-hybridized carbons (Fsp3) is 0.500. The molecule has 1 rings (SSSR count). The van der Waals surface area contributed by atoms with E-state index in [4.69, 9.17) is 20.4 Å². The van der Waals surface area contributed by atoms with Crippen LogP contribution in [0.3, 0.4) is 0 Å². The number of hydrogen-bond acceptors (Lipinski definition) is 6. The first-order chi connectivity index (χ1) is 5.93. The SMILES string of the molecule is O=C1O[C@]([Si])([C@@H](O)CO)C(O)=C1O. The van der Waals surface area contributed by atoms with Crippen LogP contribution in [0.15, 0.2) is 11.5 Å². The van der Waals surface area contributed by atoms with Crippen LogP contribution in [0.5, 0.6) is 0 Å². The summed E-state index contributed by atoms with van der Waals surface area (Å²) in [4.78, 5) is 10.7. The Hall–Kier alpha value is -1.05. The standard InChI is InChI=1S/C6H7O6Si/c7-1-2(8)6(13)4(10)3(9)5(11)12-6/h2,7-10H,1H2/t2-,6-/m0/s1. The quantitative estimate of drug-likeness (QED) is 0.308. The van der Waals surface area contributed by atoms with Crippen molar-refractivity contribution < 1.29 is 30.0 Å². The van der Waals surface area contributed by atoms with Gasteiger partial charge in [-0.25, -0.2) is 4.79 Å². The van der Waals surface area contributed by atoms with Crippen LogP contribution in [0.4, 0.5) is 0 Å². The number of aliphatic hydroxyl groups is 4. The van der Waals surface area contributed by atoms with Gasteiger partial charge in [-0.1, -0.05) is 0 Å². The van der Waals surface area contributed by atoms with Gasteiger partial charge >= 0.3 is 5.97 Å². The zero-order valence-electron chi connectivity index (χ0n) is 6.39. The molecule has 0 spiro atoms. The first-order valence-electron chi connectivity index (χ1n) is 3.33. The molecule has 0 aliphatic carbocycles. The van der Waals surface area contributed by atoms with Crippen molar-refractivity contribution in [1.82, 2.24) is 0 Å². The lowest BCUT2D eigenvalue weighted by molar-refractivity contribution is -0.152. The largest absolute Gasteiger partial charge is 0.505 e. The molecule has 0 aromatic heterocycles. The van der Waals surface area contributed by atoms with Crippen molar-refractivity contribution in [3.63, 3.8) is 0 Å². The van der Waals surface area contributed by atoms with Gasteiger partial charge in [-0.15, -0.1) is 0 Å². The van der Waals surface area contributed by atoms with Crippen molar-refractivity contribution in [3.05, 3.63) is 11.5 Å². The lowest BCUT2D eigenvalue weighted by Crippen LogP contribution is -2.47. The van der Waals surface area contributed by atoms with E-state index in [0.29, 0.717) is 0 Å². The third-order valence-electron chi connectivity index (χ3n) is 1.67. The summed E-state index contributed by atoms with van der Waals surface area (Å²) in [5.74, 6) is -3.00. The summed E-state index contributed by atoms with van der Waals surface area (Å²) in [6.45, 7) is -0.742. The fourth-order valence-corrected chi connectivity index (χ4v) is 1.17. The number of hydrogen-bond donors (Lipinski definition) is 4. The summed E-state index contributed by atoms with van der Waals surface area (Å²) in [7, 11) is 2.75. The third kappa shape index (κ3) is 1.30. The van der Waals surface area contributed by atoms with Gasteiger partial charge in [0.05, 0.1) is 6.61 Å². The van der Waals surface area contributed by atoms with Gasteiger partial charge in [-0.2, -0.15) is 0 Å². The molecule has 0 bridgehead atoms. The van der Waals surface area contributed by atoms with Crippen LogP contribution in [-0.2, 0) is 9.53 Å². The molecule has 1 aliphatic rings. The smallest absolute Gasteiger partial charge is 0.377 e. The second kappa shape index (κ2) is 3.02. The minimum atomic E-state index is -1.95. The average Bonchev–Trinajstić information content (AvgIpc) is 2.30. The summed E-state index contributed by atoms with van der Waals surface area (Å²) < 4.78 is 4.42. The summed E-state index contributed by atoms with van der Waals surface area (Å²) in [5, 5.41) is 33.8. The van der Waals surface area contributed by atoms with Crippen molar-refractivity contribution in [2.24, 2.45) is 0 Å². The van der Waals surface area contributed by atoms with E-state index in [9.17, 15) is 4.79 Å². The van der Waals surface area contributed by atoms with Gasteiger partial charge in [-0.05, 0) is 0 Å². The molecule has 0 fully saturated rings. The van der Waals surface area contributed by atoms with Gasteiger partial charge in [0.1, 0.15) is 16.3 Å². The molecule has 0 saturated carbocycles. The Labute approximate surface area is 76.5 Å². The second-order valence-electron chi connectivity index (χ2n) is 2.52. The Balaban J connectivity index is 3.03. The maximum absolute atomic E-state index is 10.7. The molecule has 2 atom stereocenters. The Bertz CT molecular complexity index is 274. The predicted molar refractivity (Wildman–Crippen MR) is 40.0 cm³/mol. The molecule has 13 heavy (non-hydrogen) atoms. The van der Waals surface area contributed by atoms with E-state index in [-0.39, 0.29) is 0 Å². The van der Waals surface area contributed by atoms with Crippen LogP contribution >= 0.6 is 0 Å². The highest BCUT2D eigenvalue weighted by atomic mass is 28.1. The van der Waals surface area contributed by atoms with Crippen LogP contribution < -0.4 is 0 Å². The highest BCUT2D eigenvalue weighted by molar-refractivity contribution is 6.20. The number of ether oxygens (including phenoxy) is 1. The van der Waals surface area contributed by atoms with E-state index < -0.39 is 35.4 Å². The Morgan fingerprint density at radius 3 is 2.38 bits per heavy atom. The molecular formula is C6H7O6Si. The Morgan fingerprint density at radius 2 is 2.08 bits per heavy atom. The number of esters is 1. The van der Waals surface area contributed by atoms with E-state index in [2.05, 4.69) is 15.0 Å². The highest BCUT2D eigenvalue weighted by Crippen LogP contribution is 2.29. The maximum Gasteiger partial charge on any atom is 0.377 e. The van der Waals surface area contributed by atoms with Crippen LogP contribution in [-0.4, -0.2) is 54.6 Å². The van der Waals surface area contributed by atoms with Crippen LogP contribution in [0.2, 0.25) is 0 Å². The van der Waals surface area contributed by atoms with E-state index >= 15 is 0 Å². The van der Waals surface area contributed by atoms with E-state index in [1.165, 1.54) is 0 Å². The van der Waals surface area contributed by atoms with Gasteiger partial charge in [0.2, 0.25) is 5.76 Å². The Morgan fingerprint density at radius 1 is 1.54 bits per heavy atom. The normalized spacial score (nSPS) is 30.5. The molecule has 71 valence electrons. The number of rotatable bonds is 2. The third-order valence-corrected chi connectivity index (χ3v) is 2.34. The van der Waals surface area contributed by atoms with Crippen molar-refractivity contribution >= 4 is 16.2 Å². The monoisotopic (exact) mass is 203 g/mol. The van der Waals surface area contributed by atoms with Crippen molar-refractivity contribution in [2.45, 2.75) is 11.3 Å². The molecular weight excluding hydrogens is 196 g/mol. The summed E-state index contributed by atoms with van der Waals surface area (Å²) in [6, 6.07) is 0.